The number of ether oxygens (including phenoxy) is 1. The van der Waals surface area contributed by atoms with Gasteiger partial charge in [-0.05, 0) is 19.1 Å². The highest BCUT2D eigenvalue weighted by Gasteiger charge is 2.16. The third kappa shape index (κ3) is 1.77. The van der Waals surface area contributed by atoms with Crippen molar-refractivity contribution in [2.75, 3.05) is 7.11 Å². The van der Waals surface area contributed by atoms with Crippen LogP contribution in [0, 0.1) is 18.3 Å². The normalized spacial score (nSPS) is 10.4. The summed E-state index contributed by atoms with van der Waals surface area (Å²) in [4.78, 5) is 8.63. The zero-order valence-electron chi connectivity index (χ0n) is 11.0. The molecule has 0 saturated carbocycles. The van der Waals surface area contributed by atoms with E-state index in [0.29, 0.717) is 11.2 Å². The van der Waals surface area contributed by atoms with E-state index in [4.69, 9.17) is 10.00 Å². The second kappa shape index (κ2) is 4.63. The van der Waals surface area contributed by atoms with Crippen molar-refractivity contribution in [2.45, 2.75) is 6.92 Å². The van der Waals surface area contributed by atoms with E-state index in [9.17, 15) is 0 Å². The average molecular weight is 265 g/mol. The predicted octanol–water partition coefficient (Wildman–Crippen LogP) is 2.00. The van der Waals surface area contributed by atoms with Gasteiger partial charge in [-0.25, -0.2) is 9.67 Å². The molecule has 1 aromatic carbocycles. The maximum atomic E-state index is 9.06. The van der Waals surface area contributed by atoms with Crippen LogP contribution in [0.25, 0.3) is 16.9 Å². The number of methoxy groups -OCH3 is 1. The third-order valence-electron chi connectivity index (χ3n) is 2.94. The van der Waals surface area contributed by atoms with Gasteiger partial charge in [0, 0.05) is 0 Å². The van der Waals surface area contributed by atoms with Crippen molar-refractivity contribution in [3.05, 3.63) is 41.7 Å². The number of aryl methyl sites for hydroxylation is 1. The van der Waals surface area contributed by atoms with Gasteiger partial charge in [-0.2, -0.15) is 15.3 Å². The number of nitrogens with zero attached hydrogens (tertiary/aromatic N) is 5. The Morgan fingerprint density at radius 2 is 1.95 bits per heavy atom. The first-order chi connectivity index (χ1) is 9.74. The second-order valence-corrected chi connectivity index (χ2v) is 4.20. The smallest absolute Gasteiger partial charge is 0.253 e. The highest BCUT2D eigenvalue weighted by atomic mass is 16.5. The van der Waals surface area contributed by atoms with Crippen molar-refractivity contribution in [2.24, 2.45) is 0 Å². The first-order valence-corrected chi connectivity index (χ1v) is 6.01. The lowest BCUT2D eigenvalue weighted by Crippen LogP contribution is -2.00. The second-order valence-electron chi connectivity index (χ2n) is 4.20. The van der Waals surface area contributed by atoms with Gasteiger partial charge in [-0.15, -0.1) is 0 Å². The fraction of sp³-hybridized carbons (Fsp3) is 0.143. The van der Waals surface area contributed by atoms with Crippen LogP contribution < -0.4 is 4.74 Å². The van der Waals surface area contributed by atoms with Gasteiger partial charge in [0.2, 0.25) is 5.69 Å². The van der Waals surface area contributed by atoms with Gasteiger partial charge in [-0.1, -0.05) is 18.2 Å². The molecule has 2 aromatic heterocycles. The average Bonchev–Trinajstić information content (AvgIpc) is 2.83. The third-order valence-corrected chi connectivity index (χ3v) is 2.94. The van der Waals surface area contributed by atoms with E-state index in [2.05, 4.69) is 15.1 Å². The van der Waals surface area contributed by atoms with Crippen LogP contribution in [0.2, 0.25) is 0 Å². The molecule has 0 fully saturated rings. The van der Waals surface area contributed by atoms with Crippen LogP contribution in [0.5, 0.6) is 5.88 Å². The summed E-state index contributed by atoms with van der Waals surface area (Å²) in [5.41, 5.74) is 2.94. The van der Waals surface area contributed by atoms with Gasteiger partial charge in [0.15, 0.2) is 5.65 Å². The van der Waals surface area contributed by atoms with E-state index in [1.807, 2.05) is 43.3 Å². The van der Waals surface area contributed by atoms with Crippen LogP contribution in [0.15, 0.2) is 30.3 Å². The van der Waals surface area contributed by atoms with Crippen molar-refractivity contribution >= 4 is 11.2 Å². The molecule has 0 N–H and O–H groups in total. The lowest BCUT2D eigenvalue weighted by molar-refractivity contribution is 0.395. The lowest BCUT2D eigenvalue weighted by Gasteiger charge is -2.04. The van der Waals surface area contributed by atoms with E-state index in [1.165, 1.54) is 7.11 Å². The molecule has 0 aliphatic carbocycles. The number of rotatable bonds is 2. The Bertz CT molecular complexity index is 817. The topological polar surface area (TPSA) is 76.6 Å². The summed E-state index contributed by atoms with van der Waals surface area (Å²) < 4.78 is 6.80. The Morgan fingerprint density at radius 3 is 2.60 bits per heavy atom. The summed E-state index contributed by atoms with van der Waals surface area (Å²) >= 11 is 0. The fourth-order valence-electron chi connectivity index (χ4n) is 2.01. The van der Waals surface area contributed by atoms with Crippen LogP contribution in [0.1, 0.15) is 11.4 Å². The van der Waals surface area contributed by atoms with Crippen LogP contribution in [0.4, 0.5) is 0 Å². The summed E-state index contributed by atoms with van der Waals surface area (Å²) in [5.74, 6) is 0.206. The standard InChI is InChI=1S/C14H11N5O/c1-9-12-13(17-14(20-2)11(8-15)16-12)19(18-9)10-6-4-3-5-7-10/h3-7H,1-2H3. The molecule has 3 rings (SSSR count). The molecular weight excluding hydrogens is 254 g/mol. The van der Waals surface area contributed by atoms with E-state index >= 15 is 0 Å². The largest absolute Gasteiger partial charge is 0.479 e. The first-order valence-electron chi connectivity index (χ1n) is 6.01. The summed E-state index contributed by atoms with van der Waals surface area (Å²) in [6.07, 6.45) is 0. The molecule has 20 heavy (non-hydrogen) atoms. The Hall–Kier alpha value is -2.94. The van der Waals surface area contributed by atoms with Crippen LogP contribution in [0.3, 0.4) is 0 Å². The summed E-state index contributed by atoms with van der Waals surface area (Å²) in [5, 5.41) is 13.5. The number of hydrogen-bond donors (Lipinski definition) is 0. The maximum absolute atomic E-state index is 9.06. The lowest BCUT2D eigenvalue weighted by atomic mass is 10.3. The van der Waals surface area contributed by atoms with Crippen molar-refractivity contribution in [1.29, 1.82) is 5.26 Å². The monoisotopic (exact) mass is 265 g/mol. The Balaban J connectivity index is 2.33. The van der Waals surface area contributed by atoms with Gasteiger partial charge in [0.05, 0.1) is 18.5 Å². The zero-order valence-corrected chi connectivity index (χ0v) is 11.0. The van der Waals surface area contributed by atoms with Crippen molar-refractivity contribution < 1.29 is 4.74 Å². The first kappa shape index (κ1) is 12.1. The summed E-state index contributed by atoms with van der Waals surface area (Å²) in [7, 11) is 1.47. The van der Waals surface area contributed by atoms with Gasteiger partial charge in [-0.3, -0.25) is 0 Å². The molecule has 0 aliphatic heterocycles. The number of fused-ring (bicyclic) bond motifs is 1. The molecule has 0 saturated heterocycles. The van der Waals surface area contributed by atoms with Crippen LogP contribution in [-0.2, 0) is 0 Å². The Kier molecular flexibility index (Phi) is 2.80. The minimum atomic E-state index is 0.163. The van der Waals surface area contributed by atoms with E-state index < -0.39 is 0 Å². The highest BCUT2D eigenvalue weighted by Crippen LogP contribution is 2.22. The fourth-order valence-corrected chi connectivity index (χ4v) is 2.01. The van der Waals surface area contributed by atoms with Crippen molar-refractivity contribution in [3.8, 4) is 17.6 Å². The van der Waals surface area contributed by atoms with Gasteiger partial charge >= 0.3 is 0 Å². The Labute approximate surface area is 115 Å². The highest BCUT2D eigenvalue weighted by molar-refractivity contribution is 5.76. The molecule has 0 unspecified atom stereocenters. The molecule has 0 radical (unpaired) electrons. The SMILES string of the molecule is COc1nc2c(nc1C#N)c(C)nn2-c1ccccc1. The summed E-state index contributed by atoms with van der Waals surface area (Å²) in [6, 6.07) is 11.6. The molecular formula is C14H11N5O. The maximum Gasteiger partial charge on any atom is 0.253 e. The predicted molar refractivity (Wildman–Crippen MR) is 72.7 cm³/mol. The van der Waals surface area contributed by atoms with Crippen molar-refractivity contribution in [1.82, 2.24) is 19.7 Å². The number of para-hydroxylation sites is 1. The molecule has 0 bridgehead atoms. The number of nitriles is 1. The number of aromatic nitrogens is 4. The van der Waals surface area contributed by atoms with E-state index in [0.717, 1.165) is 11.4 Å². The van der Waals surface area contributed by atoms with Crippen LogP contribution in [-0.4, -0.2) is 26.9 Å². The molecule has 3 aromatic rings. The molecule has 0 spiro atoms. The molecule has 2 heterocycles. The zero-order chi connectivity index (χ0) is 14.1. The molecule has 0 atom stereocenters. The molecule has 6 heteroatoms. The molecule has 0 amide bonds. The van der Waals surface area contributed by atoms with Gasteiger partial charge in [0.1, 0.15) is 11.6 Å². The van der Waals surface area contributed by atoms with E-state index in [-0.39, 0.29) is 11.6 Å². The minimum absolute atomic E-state index is 0.163. The minimum Gasteiger partial charge on any atom is -0.479 e. The number of hydrogen-bond acceptors (Lipinski definition) is 5. The molecule has 6 nitrogen and oxygen atoms in total. The molecule has 0 aliphatic rings. The number of benzene rings is 1. The van der Waals surface area contributed by atoms with Crippen LogP contribution >= 0.6 is 0 Å². The van der Waals surface area contributed by atoms with E-state index in [1.54, 1.807) is 4.68 Å². The van der Waals surface area contributed by atoms with Gasteiger partial charge in [0.25, 0.3) is 5.88 Å². The van der Waals surface area contributed by atoms with Gasteiger partial charge < -0.3 is 4.74 Å². The Morgan fingerprint density at radius 1 is 1.20 bits per heavy atom. The molecule has 98 valence electrons. The summed E-state index contributed by atoms with van der Waals surface area (Å²) in [6.45, 7) is 1.84. The quantitative estimate of drug-likeness (QED) is 0.708. The van der Waals surface area contributed by atoms with Crippen molar-refractivity contribution in [3.63, 3.8) is 0 Å².